The summed E-state index contributed by atoms with van der Waals surface area (Å²) in [5.41, 5.74) is 0. The molecule has 1 heterocycles. The number of aromatic nitrogens is 2. The number of terminal acetylenes is 1. The smallest absolute Gasteiger partial charge is 0.233 e. The minimum absolute atomic E-state index is 0.107. The molecule has 2 N–H and O–H groups in total. The van der Waals surface area contributed by atoms with Crippen molar-refractivity contribution in [2.75, 3.05) is 19.6 Å². The van der Waals surface area contributed by atoms with Crippen LogP contribution in [-0.2, 0) is 11.2 Å². The third-order valence-electron chi connectivity index (χ3n) is 1.58. The summed E-state index contributed by atoms with van der Waals surface area (Å²) in [6.07, 6.45) is 6.86. The van der Waals surface area contributed by atoms with Crippen LogP contribution in [0.3, 0.4) is 0 Å². The van der Waals surface area contributed by atoms with Crippen molar-refractivity contribution in [2.45, 2.75) is 6.42 Å². The van der Waals surface area contributed by atoms with Crippen molar-refractivity contribution in [3.63, 3.8) is 0 Å². The van der Waals surface area contributed by atoms with Gasteiger partial charge in [-0.25, -0.2) is 0 Å². The van der Waals surface area contributed by atoms with Crippen LogP contribution in [0.5, 0.6) is 0 Å². The Kier molecular flexibility index (Phi) is 4.90. The van der Waals surface area contributed by atoms with Crippen LogP contribution in [0.4, 0.5) is 0 Å². The lowest BCUT2D eigenvalue weighted by molar-refractivity contribution is -0.120. The second-order valence-corrected chi connectivity index (χ2v) is 2.74. The standard InChI is InChI=1S/C9H12N4O2/c1-2-4-10-6-8(14)11-5-3-9-12-7-13-15-9/h1,7,10H,3-6H2,(H,11,14). The minimum Gasteiger partial charge on any atom is -0.354 e. The van der Waals surface area contributed by atoms with Crippen LogP contribution in [0, 0.1) is 12.3 Å². The fraction of sp³-hybridized carbons (Fsp3) is 0.444. The molecule has 0 bridgehead atoms. The first-order chi connectivity index (χ1) is 7.33. The molecule has 0 unspecified atom stereocenters. The van der Waals surface area contributed by atoms with Crippen molar-refractivity contribution in [3.8, 4) is 12.3 Å². The van der Waals surface area contributed by atoms with Gasteiger partial charge in [0.2, 0.25) is 11.8 Å². The van der Waals surface area contributed by atoms with Crippen LogP contribution in [0.1, 0.15) is 5.89 Å². The molecule has 1 rings (SSSR count). The van der Waals surface area contributed by atoms with Gasteiger partial charge in [-0.2, -0.15) is 4.98 Å². The van der Waals surface area contributed by atoms with Gasteiger partial charge in [0, 0.05) is 13.0 Å². The zero-order chi connectivity index (χ0) is 10.9. The number of carbonyl (C=O) groups is 1. The molecule has 1 amide bonds. The maximum atomic E-state index is 11.1. The molecule has 0 aliphatic carbocycles. The Morgan fingerprint density at radius 1 is 1.67 bits per heavy atom. The maximum Gasteiger partial charge on any atom is 0.233 e. The van der Waals surface area contributed by atoms with E-state index < -0.39 is 0 Å². The molecular formula is C9H12N4O2. The van der Waals surface area contributed by atoms with Gasteiger partial charge >= 0.3 is 0 Å². The van der Waals surface area contributed by atoms with E-state index >= 15 is 0 Å². The SMILES string of the molecule is C#CCNCC(=O)NCCc1ncno1. The zero-order valence-electron chi connectivity index (χ0n) is 8.19. The summed E-state index contributed by atoms with van der Waals surface area (Å²) >= 11 is 0. The van der Waals surface area contributed by atoms with Gasteiger partial charge in [0.25, 0.3) is 0 Å². The topological polar surface area (TPSA) is 80.0 Å². The summed E-state index contributed by atoms with van der Waals surface area (Å²) in [6, 6.07) is 0. The first kappa shape index (κ1) is 11.2. The Bertz CT molecular complexity index is 328. The number of hydrogen-bond acceptors (Lipinski definition) is 5. The molecule has 6 nitrogen and oxygen atoms in total. The van der Waals surface area contributed by atoms with Gasteiger partial charge in [0.15, 0.2) is 6.33 Å². The van der Waals surface area contributed by atoms with Gasteiger partial charge < -0.3 is 9.84 Å². The molecule has 6 heteroatoms. The summed E-state index contributed by atoms with van der Waals surface area (Å²) in [5, 5.41) is 8.91. The second kappa shape index (κ2) is 6.56. The molecule has 1 aromatic heterocycles. The van der Waals surface area contributed by atoms with Crippen LogP contribution in [0.2, 0.25) is 0 Å². The van der Waals surface area contributed by atoms with Gasteiger partial charge in [0.1, 0.15) is 0 Å². The van der Waals surface area contributed by atoms with Crippen LogP contribution < -0.4 is 10.6 Å². The van der Waals surface area contributed by atoms with E-state index in [1.807, 2.05) is 0 Å². The van der Waals surface area contributed by atoms with Crippen molar-refractivity contribution >= 4 is 5.91 Å². The third kappa shape index (κ3) is 4.78. The van der Waals surface area contributed by atoms with E-state index in [4.69, 9.17) is 10.9 Å². The van der Waals surface area contributed by atoms with Crippen LogP contribution in [-0.4, -0.2) is 35.7 Å². The summed E-state index contributed by atoms with van der Waals surface area (Å²) in [6.45, 7) is 1.07. The lowest BCUT2D eigenvalue weighted by Crippen LogP contribution is -2.35. The van der Waals surface area contributed by atoms with Crippen molar-refractivity contribution in [1.82, 2.24) is 20.8 Å². The Morgan fingerprint density at radius 3 is 3.20 bits per heavy atom. The van der Waals surface area contributed by atoms with Gasteiger partial charge in [-0.15, -0.1) is 6.42 Å². The summed E-state index contributed by atoms with van der Waals surface area (Å²) < 4.78 is 4.76. The maximum absolute atomic E-state index is 11.1. The average molecular weight is 208 g/mol. The largest absolute Gasteiger partial charge is 0.354 e. The lowest BCUT2D eigenvalue weighted by atomic mass is 10.4. The molecule has 0 aromatic carbocycles. The fourth-order valence-corrected chi connectivity index (χ4v) is 0.926. The second-order valence-electron chi connectivity index (χ2n) is 2.74. The predicted molar refractivity (Wildman–Crippen MR) is 52.7 cm³/mol. The Labute approximate surface area is 87.4 Å². The van der Waals surface area contributed by atoms with E-state index in [0.29, 0.717) is 25.4 Å². The quantitative estimate of drug-likeness (QED) is 0.460. The van der Waals surface area contributed by atoms with E-state index in [0.717, 1.165) is 0 Å². The highest BCUT2D eigenvalue weighted by atomic mass is 16.5. The third-order valence-corrected chi connectivity index (χ3v) is 1.58. The number of amides is 1. The average Bonchev–Trinajstić information content (AvgIpc) is 2.71. The van der Waals surface area contributed by atoms with Crippen LogP contribution >= 0.6 is 0 Å². The number of nitrogens with one attached hydrogen (secondary N) is 2. The fourth-order valence-electron chi connectivity index (χ4n) is 0.926. The minimum atomic E-state index is -0.107. The molecule has 15 heavy (non-hydrogen) atoms. The first-order valence-corrected chi connectivity index (χ1v) is 4.49. The molecule has 0 aliphatic rings. The molecule has 0 fully saturated rings. The first-order valence-electron chi connectivity index (χ1n) is 4.49. The summed E-state index contributed by atoms with van der Waals surface area (Å²) in [4.78, 5) is 15.0. The number of carbonyl (C=O) groups excluding carboxylic acids is 1. The van der Waals surface area contributed by atoms with E-state index in [2.05, 4.69) is 26.7 Å². The zero-order valence-corrected chi connectivity index (χ0v) is 8.19. The Hall–Kier alpha value is -1.87. The molecular weight excluding hydrogens is 196 g/mol. The molecule has 0 aliphatic heterocycles. The normalized spacial score (nSPS) is 9.53. The number of rotatable bonds is 6. The molecule has 0 saturated carbocycles. The van der Waals surface area contributed by atoms with Crippen LogP contribution in [0.25, 0.3) is 0 Å². The summed E-state index contributed by atoms with van der Waals surface area (Å²) in [5.74, 6) is 2.78. The van der Waals surface area contributed by atoms with Crippen molar-refractivity contribution in [1.29, 1.82) is 0 Å². The van der Waals surface area contributed by atoms with Gasteiger partial charge in [-0.1, -0.05) is 11.1 Å². The highest BCUT2D eigenvalue weighted by molar-refractivity contribution is 5.77. The molecule has 80 valence electrons. The van der Waals surface area contributed by atoms with Gasteiger partial charge in [0.05, 0.1) is 13.1 Å². The number of hydrogen-bond donors (Lipinski definition) is 2. The molecule has 0 atom stereocenters. The molecule has 0 radical (unpaired) electrons. The highest BCUT2D eigenvalue weighted by Crippen LogP contribution is 1.89. The Balaban J connectivity index is 2.05. The molecule has 0 saturated heterocycles. The van der Waals surface area contributed by atoms with Crippen molar-refractivity contribution in [2.24, 2.45) is 0 Å². The Morgan fingerprint density at radius 2 is 2.53 bits per heavy atom. The predicted octanol–water partition coefficient (Wildman–Crippen LogP) is -1.05. The van der Waals surface area contributed by atoms with Crippen molar-refractivity contribution < 1.29 is 9.32 Å². The molecule has 1 aromatic rings. The van der Waals surface area contributed by atoms with Gasteiger partial charge in [-0.05, 0) is 0 Å². The summed E-state index contributed by atoms with van der Waals surface area (Å²) in [7, 11) is 0. The van der Waals surface area contributed by atoms with Crippen molar-refractivity contribution in [3.05, 3.63) is 12.2 Å². The molecule has 0 spiro atoms. The van der Waals surface area contributed by atoms with E-state index in [9.17, 15) is 4.79 Å². The lowest BCUT2D eigenvalue weighted by Gasteiger charge is -2.02. The van der Waals surface area contributed by atoms with Crippen LogP contribution in [0.15, 0.2) is 10.9 Å². The van der Waals surface area contributed by atoms with E-state index in [-0.39, 0.29) is 12.5 Å². The van der Waals surface area contributed by atoms with Gasteiger partial charge in [-0.3, -0.25) is 10.1 Å². The van der Waals surface area contributed by atoms with E-state index in [1.54, 1.807) is 0 Å². The number of nitrogens with zero attached hydrogens (tertiary/aromatic N) is 2. The highest BCUT2D eigenvalue weighted by Gasteiger charge is 2.01. The van der Waals surface area contributed by atoms with E-state index in [1.165, 1.54) is 6.33 Å². The monoisotopic (exact) mass is 208 g/mol.